The van der Waals surface area contributed by atoms with Crippen LogP contribution in [0.15, 0.2) is 24.3 Å². The molecule has 100 valence electrons. The van der Waals surface area contributed by atoms with E-state index >= 15 is 0 Å². The number of nitrogens with zero attached hydrogens (tertiary/aromatic N) is 1. The Morgan fingerprint density at radius 3 is 2.78 bits per heavy atom. The molecule has 1 aliphatic heterocycles. The van der Waals surface area contributed by atoms with E-state index in [0.29, 0.717) is 19.1 Å². The predicted molar refractivity (Wildman–Crippen MR) is 72.7 cm³/mol. The third-order valence-electron chi connectivity index (χ3n) is 3.58. The number of ether oxygens (including phenoxy) is 1. The fourth-order valence-corrected chi connectivity index (χ4v) is 2.49. The summed E-state index contributed by atoms with van der Waals surface area (Å²) < 4.78 is 5.52. The van der Waals surface area contributed by atoms with Gasteiger partial charge in [-0.05, 0) is 56.5 Å². The summed E-state index contributed by atoms with van der Waals surface area (Å²) in [4.78, 5) is 2.46. The van der Waals surface area contributed by atoms with E-state index in [0.717, 1.165) is 38.2 Å². The Bertz CT molecular complexity index is 359. The van der Waals surface area contributed by atoms with Crippen LogP contribution in [-0.4, -0.2) is 36.3 Å². The Hall–Kier alpha value is -1.06. The lowest BCUT2D eigenvalue weighted by atomic mass is 9.97. The van der Waals surface area contributed by atoms with E-state index in [9.17, 15) is 0 Å². The Morgan fingerprint density at radius 1 is 1.33 bits per heavy atom. The molecule has 3 heteroatoms. The maximum atomic E-state index is 9.13. The van der Waals surface area contributed by atoms with Crippen molar-refractivity contribution >= 4 is 0 Å². The number of rotatable bonds is 5. The largest absolute Gasteiger partial charge is 0.494 e. The summed E-state index contributed by atoms with van der Waals surface area (Å²) in [5, 5.41) is 9.13. The molecule has 0 aliphatic carbocycles. The highest BCUT2D eigenvalue weighted by Crippen LogP contribution is 2.20. The molecular formula is C15H23NO2. The number of piperidine rings is 1. The molecular weight excluding hydrogens is 226 g/mol. The van der Waals surface area contributed by atoms with Crippen LogP contribution in [0.2, 0.25) is 0 Å². The maximum absolute atomic E-state index is 9.13. The minimum atomic E-state index is 0.341. The lowest BCUT2D eigenvalue weighted by molar-refractivity contribution is 0.127. The van der Waals surface area contributed by atoms with Crippen LogP contribution in [-0.2, 0) is 6.54 Å². The zero-order valence-electron chi connectivity index (χ0n) is 11.1. The van der Waals surface area contributed by atoms with Gasteiger partial charge < -0.3 is 9.84 Å². The normalized spacial score (nSPS) is 17.9. The zero-order valence-corrected chi connectivity index (χ0v) is 11.1. The minimum absolute atomic E-state index is 0.341. The molecule has 1 aliphatic rings. The molecule has 3 nitrogen and oxygen atoms in total. The summed E-state index contributed by atoms with van der Waals surface area (Å²) in [5.41, 5.74) is 1.31. The SMILES string of the molecule is CCOc1cccc(CN2CCC(CO)CC2)c1. The van der Waals surface area contributed by atoms with Crippen LogP contribution < -0.4 is 4.74 Å². The molecule has 0 saturated carbocycles. The molecule has 2 rings (SSSR count). The summed E-state index contributed by atoms with van der Waals surface area (Å²) in [6.07, 6.45) is 2.23. The number of hydrogen-bond donors (Lipinski definition) is 1. The standard InChI is InChI=1S/C15H23NO2/c1-2-18-15-5-3-4-14(10-15)11-16-8-6-13(12-17)7-9-16/h3-5,10,13,17H,2,6-9,11-12H2,1H3. The monoisotopic (exact) mass is 249 g/mol. The van der Waals surface area contributed by atoms with Crippen molar-refractivity contribution in [3.63, 3.8) is 0 Å². The third kappa shape index (κ3) is 3.72. The van der Waals surface area contributed by atoms with E-state index in [2.05, 4.69) is 23.1 Å². The van der Waals surface area contributed by atoms with E-state index in [4.69, 9.17) is 9.84 Å². The molecule has 0 spiro atoms. The Labute approximate surface area is 109 Å². The van der Waals surface area contributed by atoms with Gasteiger partial charge in [-0.3, -0.25) is 4.90 Å². The van der Waals surface area contributed by atoms with Crippen molar-refractivity contribution in [3.8, 4) is 5.75 Å². The van der Waals surface area contributed by atoms with Gasteiger partial charge >= 0.3 is 0 Å². The first-order chi connectivity index (χ1) is 8.81. The fraction of sp³-hybridized carbons (Fsp3) is 0.600. The van der Waals surface area contributed by atoms with Gasteiger partial charge in [-0.25, -0.2) is 0 Å². The van der Waals surface area contributed by atoms with E-state index in [1.807, 2.05) is 13.0 Å². The quantitative estimate of drug-likeness (QED) is 0.869. The molecule has 18 heavy (non-hydrogen) atoms. The lowest BCUT2D eigenvalue weighted by Crippen LogP contribution is -2.34. The average molecular weight is 249 g/mol. The van der Waals surface area contributed by atoms with E-state index in [1.54, 1.807) is 0 Å². The Balaban J connectivity index is 1.87. The summed E-state index contributed by atoms with van der Waals surface area (Å²) in [5.74, 6) is 1.47. The Kier molecular flexibility index (Phi) is 5.02. The van der Waals surface area contributed by atoms with Crippen LogP contribution in [0.4, 0.5) is 0 Å². The third-order valence-corrected chi connectivity index (χ3v) is 3.58. The van der Waals surface area contributed by atoms with Gasteiger partial charge in [0.15, 0.2) is 0 Å². The second-order valence-electron chi connectivity index (χ2n) is 4.98. The van der Waals surface area contributed by atoms with Crippen LogP contribution in [0, 0.1) is 5.92 Å². The number of hydrogen-bond acceptors (Lipinski definition) is 3. The van der Waals surface area contributed by atoms with Crippen molar-refractivity contribution in [3.05, 3.63) is 29.8 Å². The summed E-state index contributed by atoms with van der Waals surface area (Å²) in [7, 11) is 0. The van der Waals surface area contributed by atoms with Crippen molar-refractivity contribution < 1.29 is 9.84 Å². The first kappa shape index (κ1) is 13.4. The van der Waals surface area contributed by atoms with Crippen LogP contribution in [0.3, 0.4) is 0 Å². The van der Waals surface area contributed by atoms with Gasteiger partial charge in [0, 0.05) is 13.2 Å². The van der Waals surface area contributed by atoms with Crippen molar-refractivity contribution in [2.75, 3.05) is 26.3 Å². The first-order valence-corrected chi connectivity index (χ1v) is 6.86. The van der Waals surface area contributed by atoms with E-state index in [1.165, 1.54) is 5.56 Å². The van der Waals surface area contributed by atoms with Crippen molar-refractivity contribution in [2.24, 2.45) is 5.92 Å². The average Bonchev–Trinajstić information content (AvgIpc) is 2.40. The molecule has 1 heterocycles. The second kappa shape index (κ2) is 6.76. The van der Waals surface area contributed by atoms with E-state index < -0.39 is 0 Å². The number of aliphatic hydroxyl groups excluding tert-OH is 1. The Morgan fingerprint density at radius 2 is 2.11 bits per heavy atom. The van der Waals surface area contributed by atoms with Gasteiger partial charge in [-0.15, -0.1) is 0 Å². The highest BCUT2D eigenvalue weighted by Gasteiger charge is 2.18. The number of likely N-dealkylation sites (tertiary alicyclic amines) is 1. The molecule has 1 aromatic rings. The van der Waals surface area contributed by atoms with Gasteiger partial charge in [0.25, 0.3) is 0 Å². The smallest absolute Gasteiger partial charge is 0.119 e. The molecule has 0 atom stereocenters. The van der Waals surface area contributed by atoms with Crippen LogP contribution >= 0.6 is 0 Å². The molecule has 0 aromatic heterocycles. The van der Waals surface area contributed by atoms with Gasteiger partial charge in [0.2, 0.25) is 0 Å². The molecule has 0 bridgehead atoms. The number of aliphatic hydroxyl groups is 1. The molecule has 1 aromatic carbocycles. The molecule has 1 fully saturated rings. The highest BCUT2D eigenvalue weighted by molar-refractivity contribution is 5.28. The molecule has 0 amide bonds. The van der Waals surface area contributed by atoms with Crippen molar-refractivity contribution in [1.29, 1.82) is 0 Å². The van der Waals surface area contributed by atoms with Gasteiger partial charge in [-0.1, -0.05) is 12.1 Å². The van der Waals surface area contributed by atoms with Gasteiger partial charge in [-0.2, -0.15) is 0 Å². The summed E-state index contributed by atoms with van der Waals surface area (Å²) in [6, 6.07) is 8.34. The topological polar surface area (TPSA) is 32.7 Å². The van der Waals surface area contributed by atoms with Crippen LogP contribution in [0.25, 0.3) is 0 Å². The van der Waals surface area contributed by atoms with Crippen LogP contribution in [0.1, 0.15) is 25.3 Å². The zero-order chi connectivity index (χ0) is 12.8. The predicted octanol–water partition coefficient (Wildman–Crippen LogP) is 2.29. The second-order valence-corrected chi connectivity index (χ2v) is 4.98. The summed E-state index contributed by atoms with van der Waals surface area (Å²) in [6.45, 7) is 6.22. The maximum Gasteiger partial charge on any atom is 0.119 e. The van der Waals surface area contributed by atoms with E-state index in [-0.39, 0.29) is 0 Å². The highest BCUT2D eigenvalue weighted by atomic mass is 16.5. The van der Waals surface area contributed by atoms with Crippen molar-refractivity contribution in [2.45, 2.75) is 26.3 Å². The molecule has 0 unspecified atom stereocenters. The molecule has 1 saturated heterocycles. The minimum Gasteiger partial charge on any atom is -0.494 e. The van der Waals surface area contributed by atoms with Gasteiger partial charge in [0.1, 0.15) is 5.75 Å². The lowest BCUT2D eigenvalue weighted by Gasteiger charge is -2.31. The first-order valence-electron chi connectivity index (χ1n) is 6.86. The fourth-order valence-electron chi connectivity index (χ4n) is 2.49. The van der Waals surface area contributed by atoms with Gasteiger partial charge in [0.05, 0.1) is 6.61 Å². The molecule has 0 radical (unpaired) electrons. The number of benzene rings is 1. The molecule has 1 N–H and O–H groups in total. The van der Waals surface area contributed by atoms with Crippen molar-refractivity contribution in [1.82, 2.24) is 4.90 Å². The summed E-state index contributed by atoms with van der Waals surface area (Å²) >= 11 is 0. The van der Waals surface area contributed by atoms with Crippen LogP contribution in [0.5, 0.6) is 5.75 Å².